The fourth-order valence-corrected chi connectivity index (χ4v) is 3.10. The molecule has 4 aromatic rings. The molecule has 0 saturated heterocycles. The van der Waals surface area contributed by atoms with E-state index in [9.17, 15) is 10.1 Å². The number of non-ortho nitro benzene ring substituents is 1. The second kappa shape index (κ2) is 7.05. The maximum absolute atomic E-state index is 10.9. The van der Waals surface area contributed by atoms with Crippen LogP contribution in [0.25, 0.3) is 33.9 Å². The van der Waals surface area contributed by atoms with Gasteiger partial charge in [-0.1, -0.05) is 54.1 Å². The summed E-state index contributed by atoms with van der Waals surface area (Å²) in [5.74, 6) is 0.685. The van der Waals surface area contributed by atoms with E-state index in [-0.39, 0.29) is 5.69 Å². The maximum Gasteiger partial charge on any atom is 0.269 e. The molecule has 0 aliphatic heterocycles. The summed E-state index contributed by atoms with van der Waals surface area (Å²) in [5.41, 5.74) is 4.27. The molecule has 1 aromatic heterocycles. The van der Waals surface area contributed by atoms with E-state index in [0.717, 1.165) is 28.1 Å². The van der Waals surface area contributed by atoms with Gasteiger partial charge in [-0.15, -0.1) is 0 Å². The number of H-pyrrole nitrogens is 1. The second-order valence-electron chi connectivity index (χ2n) is 5.99. The summed E-state index contributed by atoms with van der Waals surface area (Å²) in [5, 5.41) is 11.6. The molecule has 5 nitrogen and oxygen atoms in total. The first-order chi connectivity index (χ1) is 13.1. The number of hydrogen-bond acceptors (Lipinski definition) is 3. The number of benzene rings is 3. The van der Waals surface area contributed by atoms with E-state index in [0.29, 0.717) is 10.8 Å². The van der Waals surface area contributed by atoms with Crippen LogP contribution in [0.5, 0.6) is 0 Å². The summed E-state index contributed by atoms with van der Waals surface area (Å²) in [4.78, 5) is 18.6. The molecule has 27 heavy (non-hydrogen) atoms. The number of nitrogens with zero attached hydrogens (tertiary/aromatic N) is 2. The Kier molecular flexibility index (Phi) is 4.44. The Balaban J connectivity index is 1.87. The number of nitro benzene ring substituents is 1. The smallest absolute Gasteiger partial charge is 0.269 e. The third-order valence-corrected chi connectivity index (χ3v) is 4.45. The molecule has 3 aromatic carbocycles. The number of imidazole rings is 1. The molecule has 0 aliphatic carbocycles. The minimum absolute atomic E-state index is 0.0505. The van der Waals surface area contributed by atoms with Gasteiger partial charge in [0.25, 0.3) is 5.69 Å². The van der Waals surface area contributed by atoms with Gasteiger partial charge >= 0.3 is 0 Å². The lowest BCUT2D eigenvalue weighted by atomic mass is 10.0. The number of aromatic nitrogens is 2. The molecule has 0 fully saturated rings. The van der Waals surface area contributed by atoms with Crippen molar-refractivity contribution in [2.24, 2.45) is 0 Å². The molecular weight excluding hydrogens is 362 g/mol. The van der Waals surface area contributed by atoms with E-state index in [1.54, 1.807) is 12.1 Å². The highest BCUT2D eigenvalue weighted by atomic mass is 35.5. The Hall–Kier alpha value is -3.44. The Labute approximate surface area is 160 Å². The van der Waals surface area contributed by atoms with Crippen LogP contribution in [0.3, 0.4) is 0 Å². The first-order valence-electron chi connectivity index (χ1n) is 8.28. The van der Waals surface area contributed by atoms with Gasteiger partial charge in [-0.05, 0) is 24.3 Å². The molecule has 0 saturated carbocycles. The number of nitrogens with one attached hydrogen (secondary N) is 1. The Morgan fingerprint density at radius 2 is 1.56 bits per heavy atom. The molecular formula is C21H14ClN3O2. The fraction of sp³-hybridized carbons (Fsp3) is 0. The van der Waals surface area contributed by atoms with Crippen molar-refractivity contribution < 1.29 is 4.92 Å². The van der Waals surface area contributed by atoms with Crippen LogP contribution in [0.4, 0.5) is 5.69 Å². The Morgan fingerprint density at radius 3 is 2.22 bits per heavy atom. The minimum atomic E-state index is -0.410. The average Bonchev–Trinajstić information content (AvgIpc) is 3.14. The zero-order chi connectivity index (χ0) is 18.8. The van der Waals surface area contributed by atoms with Crippen molar-refractivity contribution >= 4 is 17.3 Å². The van der Waals surface area contributed by atoms with Crippen molar-refractivity contribution in [3.8, 4) is 33.9 Å². The largest absolute Gasteiger partial charge is 0.337 e. The van der Waals surface area contributed by atoms with Crippen LogP contribution >= 0.6 is 11.6 Å². The van der Waals surface area contributed by atoms with E-state index < -0.39 is 4.92 Å². The van der Waals surface area contributed by atoms with Crippen LogP contribution < -0.4 is 0 Å². The predicted octanol–water partition coefficient (Wildman–Crippen LogP) is 5.97. The van der Waals surface area contributed by atoms with E-state index in [1.165, 1.54) is 12.1 Å². The standard InChI is InChI=1S/C21H14ClN3O2/c22-17-8-4-7-16(13-17)21-23-19(14-5-2-1-3-6-14)20(24-21)15-9-11-18(12-10-15)25(26)27/h1-13H,(H,23,24). The van der Waals surface area contributed by atoms with Crippen LogP contribution in [0, 0.1) is 10.1 Å². The SMILES string of the molecule is O=[N+]([O-])c1ccc(-c2[nH]c(-c3cccc(Cl)c3)nc2-c2ccccc2)cc1. The molecule has 0 aliphatic rings. The summed E-state index contributed by atoms with van der Waals surface area (Å²) in [6, 6.07) is 23.7. The summed E-state index contributed by atoms with van der Waals surface area (Å²) in [6.45, 7) is 0. The number of rotatable bonds is 4. The topological polar surface area (TPSA) is 71.8 Å². The third kappa shape index (κ3) is 3.45. The maximum atomic E-state index is 10.9. The second-order valence-corrected chi connectivity index (χ2v) is 6.43. The van der Waals surface area contributed by atoms with Gasteiger partial charge in [0, 0.05) is 33.8 Å². The highest BCUT2D eigenvalue weighted by molar-refractivity contribution is 6.30. The van der Waals surface area contributed by atoms with Crippen LogP contribution in [-0.2, 0) is 0 Å². The molecule has 6 heteroatoms. The fourth-order valence-electron chi connectivity index (χ4n) is 2.91. The molecule has 1 heterocycles. The lowest BCUT2D eigenvalue weighted by Crippen LogP contribution is -1.88. The molecule has 0 atom stereocenters. The Bertz CT molecular complexity index is 1110. The number of nitro groups is 1. The molecule has 4 rings (SSSR count). The predicted molar refractivity (Wildman–Crippen MR) is 107 cm³/mol. The lowest BCUT2D eigenvalue weighted by Gasteiger charge is -2.03. The summed E-state index contributed by atoms with van der Waals surface area (Å²) < 4.78 is 0. The summed E-state index contributed by atoms with van der Waals surface area (Å²) >= 11 is 6.12. The van der Waals surface area contributed by atoms with Gasteiger partial charge in [0.2, 0.25) is 0 Å². The normalized spacial score (nSPS) is 10.7. The first-order valence-corrected chi connectivity index (χ1v) is 8.66. The quantitative estimate of drug-likeness (QED) is 0.352. The molecule has 0 bridgehead atoms. The van der Waals surface area contributed by atoms with Crippen LogP contribution in [0.1, 0.15) is 0 Å². The zero-order valence-electron chi connectivity index (χ0n) is 14.1. The minimum Gasteiger partial charge on any atom is -0.337 e. The van der Waals surface area contributed by atoms with Crippen molar-refractivity contribution in [1.29, 1.82) is 0 Å². The van der Waals surface area contributed by atoms with Gasteiger partial charge in [0.15, 0.2) is 0 Å². The van der Waals surface area contributed by atoms with Crippen LogP contribution in [0.2, 0.25) is 5.02 Å². The first kappa shape index (κ1) is 17.0. The van der Waals surface area contributed by atoms with Gasteiger partial charge in [-0.25, -0.2) is 4.98 Å². The number of halogens is 1. The van der Waals surface area contributed by atoms with Gasteiger partial charge in [-0.2, -0.15) is 0 Å². The third-order valence-electron chi connectivity index (χ3n) is 4.22. The van der Waals surface area contributed by atoms with Crippen molar-refractivity contribution in [2.45, 2.75) is 0 Å². The van der Waals surface area contributed by atoms with Gasteiger partial charge in [-0.3, -0.25) is 10.1 Å². The van der Waals surface area contributed by atoms with E-state index in [1.807, 2.05) is 54.6 Å². The highest BCUT2D eigenvalue weighted by Crippen LogP contribution is 2.34. The monoisotopic (exact) mass is 375 g/mol. The van der Waals surface area contributed by atoms with Gasteiger partial charge < -0.3 is 4.98 Å². The molecule has 1 N–H and O–H groups in total. The van der Waals surface area contributed by atoms with Crippen molar-refractivity contribution in [1.82, 2.24) is 9.97 Å². The average molecular weight is 376 g/mol. The lowest BCUT2D eigenvalue weighted by molar-refractivity contribution is -0.384. The Morgan fingerprint density at radius 1 is 0.852 bits per heavy atom. The van der Waals surface area contributed by atoms with E-state index in [4.69, 9.17) is 16.6 Å². The summed E-state index contributed by atoms with van der Waals surface area (Å²) in [6.07, 6.45) is 0. The van der Waals surface area contributed by atoms with Crippen molar-refractivity contribution in [3.63, 3.8) is 0 Å². The van der Waals surface area contributed by atoms with Crippen LogP contribution in [-0.4, -0.2) is 14.9 Å². The molecule has 0 radical (unpaired) electrons. The van der Waals surface area contributed by atoms with Crippen molar-refractivity contribution in [2.75, 3.05) is 0 Å². The molecule has 132 valence electrons. The molecule has 0 spiro atoms. The highest BCUT2D eigenvalue weighted by Gasteiger charge is 2.16. The van der Waals surface area contributed by atoms with Gasteiger partial charge in [0.05, 0.1) is 16.3 Å². The molecule has 0 amide bonds. The van der Waals surface area contributed by atoms with E-state index in [2.05, 4.69) is 4.98 Å². The van der Waals surface area contributed by atoms with E-state index >= 15 is 0 Å². The number of aromatic amines is 1. The van der Waals surface area contributed by atoms with Gasteiger partial charge in [0.1, 0.15) is 5.82 Å². The van der Waals surface area contributed by atoms with Crippen molar-refractivity contribution in [3.05, 3.63) is 94.0 Å². The number of hydrogen-bond donors (Lipinski definition) is 1. The zero-order valence-corrected chi connectivity index (χ0v) is 14.9. The summed E-state index contributed by atoms with van der Waals surface area (Å²) in [7, 11) is 0. The molecule has 0 unspecified atom stereocenters. The van der Waals surface area contributed by atoms with Crippen LogP contribution in [0.15, 0.2) is 78.9 Å².